The number of rotatable bonds is 1. The Balaban J connectivity index is 1.94. The van der Waals surface area contributed by atoms with Crippen molar-refractivity contribution in [2.24, 2.45) is 11.8 Å². The van der Waals surface area contributed by atoms with Crippen molar-refractivity contribution >= 4 is 5.57 Å². The molecule has 3 aliphatic carbocycles. The molecular weight excluding hydrogens is 284 g/mol. The highest BCUT2D eigenvalue weighted by Crippen LogP contribution is 2.46. The molecule has 2 unspecified atom stereocenters. The molecule has 1 aromatic carbocycles. The zero-order chi connectivity index (χ0) is 16.0. The van der Waals surface area contributed by atoms with Gasteiger partial charge >= 0.3 is 0 Å². The van der Waals surface area contributed by atoms with Crippen LogP contribution in [0.2, 0.25) is 0 Å². The van der Waals surface area contributed by atoms with Crippen LogP contribution in [-0.4, -0.2) is 10.2 Å². The number of aliphatic hydroxyl groups excluding tert-OH is 2. The lowest BCUT2D eigenvalue weighted by atomic mass is 9.72. The first kappa shape index (κ1) is 14.1. The summed E-state index contributed by atoms with van der Waals surface area (Å²) >= 11 is 0. The van der Waals surface area contributed by atoms with Gasteiger partial charge in [-0.15, -0.1) is 0 Å². The number of allylic oxidation sites excluding steroid dienone is 9. The highest BCUT2D eigenvalue weighted by molar-refractivity contribution is 5.86. The summed E-state index contributed by atoms with van der Waals surface area (Å²) in [6.07, 6.45) is 11.7. The van der Waals surface area contributed by atoms with Crippen LogP contribution in [-0.2, 0) is 6.42 Å². The maximum Gasteiger partial charge on any atom is 0.120 e. The molecule has 0 bridgehead atoms. The van der Waals surface area contributed by atoms with Crippen molar-refractivity contribution in [2.75, 3.05) is 0 Å². The third-order valence-electron chi connectivity index (χ3n) is 5.06. The molecule has 3 aliphatic rings. The van der Waals surface area contributed by atoms with E-state index in [-0.39, 0.29) is 17.6 Å². The molecule has 0 saturated heterocycles. The Morgan fingerprint density at radius 3 is 2.78 bits per heavy atom. The number of aliphatic hydroxyl groups is 2. The molecule has 0 aromatic heterocycles. The van der Waals surface area contributed by atoms with Gasteiger partial charge in [0, 0.05) is 23.0 Å². The fraction of sp³-hybridized carbons (Fsp3) is 0.238. The molecule has 4 rings (SSSR count). The molecule has 2 N–H and O–H groups in total. The first-order valence-electron chi connectivity index (χ1n) is 8.16. The summed E-state index contributed by atoms with van der Waals surface area (Å²) in [5, 5.41) is 21.4. The molecule has 23 heavy (non-hydrogen) atoms. The van der Waals surface area contributed by atoms with Crippen LogP contribution in [0.5, 0.6) is 0 Å². The van der Waals surface area contributed by atoms with E-state index in [0.717, 1.165) is 29.6 Å². The zero-order valence-corrected chi connectivity index (χ0v) is 13.2. The van der Waals surface area contributed by atoms with E-state index in [9.17, 15) is 10.2 Å². The third kappa shape index (κ3) is 2.17. The molecule has 0 amide bonds. The average Bonchev–Trinajstić information content (AvgIpc) is 2.57. The van der Waals surface area contributed by atoms with Gasteiger partial charge < -0.3 is 10.2 Å². The van der Waals surface area contributed by atoms with Crippen LogP contribution >= 0.6 is 0 Å². The second kappa shape index (κ2) is 5.31. The quantitative estimate of drug-likeness (QED) is 0.763. The molecular formula is C21H20O2. The lowest BCUT2D eigenvalue weighted by molar-refractivity contribution is 0.337. The van der Waals surface area contributed by atoms with Crippen LogP contribution in [0, 0.1) is 11.8 Å². The molecule has 2 atom stereocenters. The highest BCUT2D eigenvalue weighted by Gasteiger charge is 2.33. The van der Waals surface area contributed by atoms with Gasteiger partial charge in [0.25, 0.3) is 0 Å². The molecule has 0 aliphatic heterocycles. The lowest BCUT2D eigenvalue weighted by Gasteiger charge is -2.32. The predicted molar refractivity (Wildman–Crippen MR) is 93.0 cm³/mol. The van der Waals surface area contributed by atoms with Crippen molar-refractivity contribution in [3.63, 3.8) is 0 Å². The van der Waals surface area contributed by atoms with Crippen LogP contribution in [0.4, 0.5) is 0 Å². The fourth-order valence-corrected chi connectivity index (χ4v) is 3.88. The van der Waals surface area contributed by atoms with Crippen LogP contribution < -0.4 is 0 Å². The minimum Gasteiger partial charge on any atom is -0.511 e. The Morgan fingerprint density at radius 1 is 1.09 bits per heavy atom. The standard InChI is InChI=1S/C21H20O2/c1-13-12-15-7-3-5-9-17(15)20(21(13)23)19-16-8-4-2-6-14(16)10-11-18(19)22/h2-7,9-11,13,16,22-23H,8,12H2,1H3. The Morgan fingerprint density at radius 2 is 1.91 bits per heavy atom. The Labute approximate surface area is 136 Å². The Kier molecular flexibility index (Phi) is 3.26. The van der Waals surface area contributed by atoms with Gasteiger partial charge in [0.2, 0.25) is 0 Å². The summed E-state index contributed by atoms with van der Waals surface area (Å²) in [7, 11) is 0. The third-order valence-corrected chi connectivity index (χ3v) is 5.06. The highest BCUT2D eigenvalue weighted by atomic mass is 16.3. The number of hydrogen-bond acceptors (Lipinski definition) is 2. The average molecular weight is 304 g/mol. The van der Waals surface area contributed by atoms with E-state index in [1.807, 2.05) is 31.2 Å². The van der Waals surface area contributed by atoms with Gasteiger partial charge in [0.05, 0.1) is 0 Å². The number of hydrogen-bond donors (Lipinski definition) is 2. The molecule has 0 heterocycles. The molecule has 2 heteroatoms. The first-order valence-corrected chi connectivity index (χ1v) is 8.16. The van der Waals surface area contributed by atoms with E-state index >= 15 is 0 Å². The van der Waals surface area contributed by atoms with Crippen molar-refractivity contribution in [3.05, 3.63) is 88.4 Å². The molecule has 2 nitrogen and oxygen atoms in total. The van der Waals surface area contributed by atoms with Gasteiger partial charge in [0.1, 0.15) is 11.5 Å². The van der Waals surface area contributed by atoms with Crippen LogP contribution in [0.25, 0.3) is 5.57 Å². The molecule has 1 aromatic rings. The molecule has 116 valence electrons. The lowest BCUT2D eigenvalue weighted by Crippen LogP contribution is -2.21. The monoisotopic (exact) mass is 304 g/mol. The minimum atomic E-state index is 0.0673. The van der Waals surface area contributed by atoms with Gasteiger partial charge in [-0.05, 0) is 35.6 Å². The summed E-state index contributed by atoms with van der Waals surface area (Å²) in [5.41, 5.74) is 5.16. The molecule has 0 fully saturated rings. The first-order chi connectivity index (χ1) is 11.2. The van der Waals surface area contributed by atoms with Crippen molar-refractivity contribution in [3.8, 4) is 0 Å². The van der Waals surface area contributed by atoms with Crippen molar-refractivity contribution < 1.29 is 10.2 Å². The van der Waals surface area contributed by atoms with E-state index in [1.165, 1.54) is 11.1 Å². The second-order valence-electron chi connectivity index (χ2n) is 6.54. The summed E-state index contributed by atoms with van der Waals surface area (Å²) in [4.78, 5) is 0. The Hall–Kier alpha value is -2.48. The molecule has 0 radical (unpaired) electrons. The van der Waals surface area contributed by atoms with E-state index in [1.54, 1.807) is 6.08 Å². The van der Waals surface area contributed by atoms with Gasteiger partial charge in [0.15, 0.2) is 0 Å². The van der Waals surface area contributed by atoms with Gasteiger partial charge in [-0.1, -0.05) is 55.5 Å². The SMILES string of the molecule is CC1Cc2ccccc2C(C2=C(O)C=CC3=CC=CCC32)=C1O. The van der Waals surface area contributed by atoms with Crippen LogP contribution in [0.15, 0.2) is 77.3 Å². The topological polar surface area (TPSA) is 40.5 Å². The molecule has 0 saturated carbocycles. The smallest absolute Gasteiger partial charge is 0.120 e. The zero-order valence-electron chi connectivity index (χ0n) is 13.2. The van der Waals surface area contributed by atoms with Crippen molar-refractivity contribution in [2.45, 2.75) is 19.8 Å². The largest absolute Gasteiger partial charge is 0.511 e. The van der Waals surface area contributed by atoms with E-state index in [4.69, 9.17) is 0 Å². The summed E-state index contributed by atoms with van der Waals surface area (Å²) in [6, 6.07) is 8.20. The maximum absolute atomic E-state index is 10.8. The maximum atomic E-state index is 10.8. The normalized spacial score (nSPS) is 26.0. The fourth-order valence-electron chi connectivity index (χ4n) is 3.88. The van der Waals surface area contributed by atoms with Crippen LogP contribution in [0.3, 0.4) is 0 Å². The van der Waals surface area contributed by atoms with E-state index < -0.39 is 0 Å². The summed E-state index contributed by atoms with van der Waals surface area (Å²) < 4.78 is 0. The molecule has 0 spiro atoms. The number of fused-ring (bicyclic) bond motifs is 2. The van der Waals surface area contributed by atoms with Gasteiger partial charge in [-0.25, -0.2) is 0 Å². The van der Waals surface area contributed by atoms with Gasteiger partial charge in [-0.3, -0.25) is 0 Å². The number of benzene rings is 1. The van der Waals surface area contributed by atoms with Crippen LogP contribution in [0.1, 0.15) is 24.5 Å². The Bertz CT molecular complexity index is 818. The van der Waals surface area contributed by atoms with E-state index in [0.29, 0.717) is 5.76 Å². The van der Waals surface area contributed by atoms with Crippen molar-refractivity contribution in [1.82, 2.24) is 0 Å². The summed E-state index contributed by atoms with van der Waals surface area (Å²) in [6.45, 7) is 2.04. The minimum absolute atomic E-state index is 0.0673. The predicted octanol–water partition coefficient (Wildman–Crippen LogP) is 5.03. The van der Waals surface area contributed by atoms with E-state index in [2.05, 4.69) is 24.3 Å². The second-order valence-corrected chi connectivity index (χ2v) is 6.54. The van der Waals surface area contributed by atoms with Crippen molar-refractivity contribution in [1.29, 1.82) is 0 Å². The van der Waals surface area contributed by atoms with Gasteiger partial charge in [-0.2, -0.15) is 0 Å². The summed E-state index contributed by atoms with van der Waals surface area (Å²) in [5.74, 6) is 0.848.